The fourth-order valence-corrected chi connectivity index (χ4v) is 12.0. The fourth-order valence-electron chi connectivity index (χ4n) is 12.0. The lowest BCUT2D eigenvalue weighted by atomic mass is 9.34. The minimum absolute atomic E-state index is 0.00431. The molecule has 7 atom stereocenters. The predicted molar refractivity (Wildman–Crippen MR) is 226 cm³/mol. The molecule has 9 nitrogen and oxygen atoms in total. The summed E-state index contributed by atoms with van der Waals surface area (Å²) in [6.45, 7) is 17.2. The molecule has 3 saturated carbocycles. The highest BCUT2D eigenvalue weighted by Crippen LogP contribution is 2.74. The molecular formula is C50H58O9. The summed E-state index contributed by atoms with van der Waals surface area (Å²) in [6.07, 6.45) is 10.3. The van der Waals surface area contributed by atoms with Gasteiger partial charge in [-0.3, -0.25) is 4.79 Å². The second kappa shape index (κ2) is 13.7. The normalized spacial score (nSPS) is 31.8. The SMILES string of the molecule is CC(C)(OC(=O)c1ccccc1)C1Cc2cc3ccc(=O)oc3cc2O1.Cc1c(O)c(O)cc2c1CC=C1C2(C)CCC2(C)C3CC(C)(C(=O)O)CCC3(C)CCC12C. The van der Waals surface area contributed by atoms with Crippen molar-refractivity contribution in [2.75, 3.05) is 0 Å². The highest BCUT2D eigenvalue weighted by Gasteiger charge is 2.67. The van der Waals surface area contributed by atoms with Gasteiger partial charge in [-0.25, -0.2) is 9.59 Å². The van der Waals surface area contributed by atoms with E-state index in [1.807, 2.05) is 45.9 Å². The van der Waals surface area contributed by atoms with Gasteiger partial charge in [-0.2, -0.15) is 0 Å². The smallest absolute Gasteiger partial charge is 0.338 e. The third-order valence-electron chi connectivity index (χ3n) is 16.2. The molecule has 0 saturated heterocycles. The first kappa shape index (κ1) is 40.7. The predicted octanol–water partition coefficient (Wildman–Crippen LogP) is 10.4. The van der Waals surface area contributed by atoms with Crippen LogP contribution in [0, 0.1) is 34.5 Å². The number of allylic oxidation sites excluding steroid dienone is 2. The van der Waals surface area contributed by atoms with Gasteiger partial charge in [0.05, 0.1) is 11.0 Å². The Kier molecular flexibility index (Phi) is 9.49. The Morgan fingerprint density at radius 2 is 1.59 bits per heavy atom. The van der Waals surface area contributed by atoms with Gasteiger partial charge >= 0.3 is 17.6 Å². The number of carbonyl (C=O) groups excluding carboxylic acids is 1. The van der Waals surface area contributed by atoms with Gasteiger partial charge in [-0.1, -0.05) is 57.5 Å². The van der Waals surface area contributed by atoms with Gasteiger partial charge in [0.2, 0.25) is 0 Å². The van der Waals surface area contributed by atoms with E-state index in [4.69, 9.17) is 13.9 Å². The zero-order valence-corrected chi connectivity index (χ0v) is 35.7. The van der Waals surface area contributed by atoms with Crippen molar-refractivity contribution in [3.05, 3.63) is 111 Å². The third kappa shape index (κ3) is 6.37. The molecule has 2 heterocycles. The second-order valence-electron chi connectivity index (χ2n) is 20.0. The van der Waals surface area contributed by atoms with E-state index in [1.165, 1.54) is 17.2 Å². The average molecular weight is 803 g/mol. The summed E-state index contributed by atoms with van der Waals surface area (Å²) < 4.78 is 16.9. The van der Waals surface area contributed by atoms with Crippen LogP contribution in [0.1, 0.15) is 126 Å². The maximum Gasteiger partial charge on any atom is 0.338 e. The molecule has 1 aromatic heterocycles. The Bertz CT molecular complexity index is 2460. The van der Waals surface area contributed by atoms with Crippen molar-refractivity contribution in [1.29, 1.82) is 0 Å². The fraction of sp³-hybridized carbons (Fsp3) is 0.500. The van der Waals surface area contributed by atoms with Crippen molar-refractivity contribution >= 4 is 22.9 Å². The maximum absolute atomic E-state index is 12.4. The van der Waals surface area contributed by atoms with Crippen LogP contribution in [-0.2, 0) is 27.8 Å². The third-order valence-corrected chi connectivity index (χ3v) is 16.2. The molecule has 9 heteroatoms. The summed E-state index contributed by atoms with van der Waals surface area (Å²) in [6, 6.07) is 17.5. The van der Waals surface area contributed by atoms with Gasteiger partial charge in [0.15, 0.2) is 11.5 Å². The van der Waals surface area contributed by atoms with E-state index in [0.29, 0.717) is 29.2 Å². The maximum atomic E-state index is 12.4. The Balaban J connectivity index is 0.000000169. The number of phenols is 2. The van der Waals surface area contributed by atoms with Crippen molar-refractivity contribution in [2.24, 2.45) is 27.6 Å². The summed E-state index contributed by atoms with van der Waals surface area (Å²) in [7, 11) is 0. The van der Waals surface area contributed by atoms with Crippen LogP contribution in [0.5, 0.6) is 17.2 Å². The number of carboxylic acids is 1. The lowest BCUT2D eigenvalue weighted by Gasteiger charge is -2.69. The van der Waals surface area contributed by atoms with Gasteiger partial charge < -0.3 is 29.2 Å². The van der Waals surface area contributed by atoms with E-state index >= 15 is 0 Å². The van der Waals surface area contributed by atoms with E-state index in [-0.39, 0.29) is 45.2 Å². The summed E-state index contributed by atoms with van der Waals surface area (Å²) in [5.74, 6) is -0.0114. The van der Waals surface area contributed by atoms with Crippen molar-refractivity contribution in [1.82, 2.24) is 0 Å². The Hall–Kier alpha value is -5.05. The lowest BCUT2D eigenvalue weighted by molar-refractivity contribution is -0.177. The summed E-state index contributed by atoms with van der Waals surface area (Å²) in [4.78, 5) is 36.0. The van der Waals surface area contributed by atoms with E-state index in [2.05, 4.69) is 33.8 Å². The zero-order chi connectivity index (χ0) is 42.5. The molecule has 1 aliphatic heterocycles. The standard InChI is InChI=1S/C29H40O4.C21H18O5/c1-17-18-7-8-21-27(4,19(18)15-20(30)23(17)31)12-14-29(6)22-16-26(3,24(32)33)10-9-25(22,2)11-13-28(21,29)5;1-21(2,26-20(23)13-6-4-3-5-7-13)18-11-15-10-14-8-9-19(22)25-16(14)12-17(15)24-18/h8,15,22,30-31H,7,9-14,16H2,1-6H3,(H,32,33);3-10,12,18H,11H2,1-2H3. The molecule has 4 aromatic rings. The van der Waals surface area contributed by atoms with Crippen LogP contribution >= 0.6 is 0 Å². The molecule has 4 aliphatic carbocycles. The number of rotatable bonds is 4. The molecule has 59 heavy (non-hydrogen) atoms. The number of ether oxygens (including phenoxy) is 2. The minimum Gasteiger partial charge on any atom is -0.504 e. The van der Waals surface area contributed by atoms with Crippen molar-refractivity contribution < 1.29 is 38.8 Å². The van der Waals surface area contributed by atoms with E-state index < -0.39 is 22.6 Å². The topological polar surface area (TPSA) is 144 Å². The zero-order valence-electron chi connectivity index (χ0n) is 35.7. The summed E-state index contributed by atoms with van der Waals surface area (Å²) in [5.41, 5.74) is 4.77. The number of hydrogen-bond acceptors (Lipinski definition) is 8. The van der Waals surface area contributed by atoms with E-state index in [9.17, 15) is 29.7 Å². The van der Waals surface area contributed by atoms with Crippen molar-refractivity contribution in [2.45, 2.75) is 130 Å². The Morgan fingerprint density at radius 1 is 0.881 bits per heavy atom. The number of esters is 1. The first-order valence-electron chi connectivity index (χ1n) is 21.2. The van der Waals surface area contributed by atoms with Crippen LogP contribution < -0.4 is 10.4 Å². The van der Waals surface area contributed by atoms with Gasteiger partial charge in [0.1, 0.15) is 23.0 Å². The largest absolute Gasteiger partial charge is 0.504 e. The summed E-state index contributed by atoms with van der Waals surface area (Å²) in [5, 5.41) is 31.7. The first-order valence-corrected chi connectivity index (χ1v) is 21.2. The molecule has 0 bridgehead atoms. The number of hydrogen-bond donors (Lipinski definition) is 3. The molecule has 3 N–H and O–H groups in total. The van der Waals surface area contributed by atoms with Crippen LogP contribution in [-0.4, -0.2) is 39.0 Å². The first-order chi connectivity index (χ1) is 27.6. The van der Waals surface area contributed by atoms with Crippen LogP contribution in [0.15, 0.2) is 81.5 Å². The van der Waals surface area contributed by atoms with Gasteiger partial charge in [0, 0.05) is 29.4 Å². The Morgan fingerprint density at radius 3 is 2.31 bits per heavy atom. The molecule has 0 spiro atoms. The molecule has 312 valence electrons. The van der Waals surface area contributed by atoms with Gasteiger partial charge in [-0.05, 0) is 154 Å². The number of carboxylic acid groups (broad SMARTS) is 1. The second-order valence-corrected chi connectivity index (χ2v) is 20.0. The van der Waals surface area contributed by atoms with Gasteiger partial charge in [-0.15, -0.1) is 0 Å². The summed E-state index contributed by atoms with van der Waals surface area (Å²) >= 11 is 0. The molecule has 0 radical (unpaired) electrons. The number of benzene rings is 3. The molecular weight excluding hydrogens is 745 g/mol. The minimum atomic E-state index is -0.820. The highest BCUT2D eigenvalue weighted by atomic mass is 16.6. The molecule has 9 rings (SSSR count). The number of fused-ring (bicyclic) bond motifs is 9. The lowest BCUT2D eigenvalue weighted by Crippen LogP contribution is -2.62. The number of phenolic OH excluding ortho intramolecular Hbond substituents is 2. The molecule has 3 fully saturated rings. The monoisotopic (exact) mass is 802 g/mol. The van der Waals surface area contributed by atoms with Gasteiger partial charge in [0.25, 0.3) is 0 Å². The number of carbonyl (C=O) groups is 2. The average Bonchev–Trinajstić information content (AvgIpc) is 3.62. The van der Waals surface area contributed by atoms with Crippen LogP contribution in [0.4, 0.5) is 0 Å². The molecule has 3 aromatic carbocycles. The van der Waals surface area contributed by atoms with E-state index in [1.54, 1.807) is 36.4 Å². The molecule has 5 aliphatic rings. The quantitative estimate of drug-likeness (QED) is 0.0795. The number of aromatic hydroxyl groups is 2. The highest BCUT2D eigenvalue weighted by molar-refractivity contribution is 5.89. The Labute approximate surface area is 346 Å². The van der Waals surface area contributed by atoms with Crippen molar-refractivity contribution in [3.8, 4) is 17.2 Å². The van der Waals surface area contributed by atoms with Crippen LogP contribution in [0.3, 0.4) is 0 Å². The molecule has 0 amide bonds. The van der Waals surface area contributed by atoms with Crippen LogP contribution in [0.25, 0.3) is 11.0 Å². The number of aliphatic carboxylic acids is 1. The van der Waals surface area contributed by atoms with E-state index in [0.717, 1.165) is 73.4 Å². The van der Waals surface area contributed by atoms with Crippen LogP contribution in [0.2, 0.25) is 0 Å². The molecule has 7 unspecified atom stereocenters. The van der Waals surface area contributed by atoms with Crippen molar-refractivity contribution in [3.63, 3.8) is 0 Å².